The van der Waals surface area contributed by atoms with Crippen LogP contribution in [0, 0.1) is 0 Å². The van der Waals surface area contributed by atoms with Crippen LogP contribution in [0.15, 0.2) is 47.2 Å². The summed E-state index contributed by atoms with van der Waals surface area (Å²) in [5.74, 6) is 0.633. The van der Waals surface area contributed by atoms with Gasteiger partial charge in [0, 0.05) is 35.5 Å². The third-order valence-electron chi connectivity index (χ3n) is 2.69. The number of hydrogen-bond acceptors (Lipinski definition) is 4. The maximum Gasteiger partial charge on any atom is 0.243 e. The molecule has 0 fully saturated rings. The highest BCUT2D eigenvalue weighted by Crippen LogP contribution is 2.12. The van der Waals surface area contributed by atoms with E-state index in [-0.39, 0.29) is 0 Å². The van der Waals surface area contributed by atoms with Gasteiger partial charge in [0.1, 0.15) is 0 Å². The van der Waals surface area contributed by atoms with Gasteiger partial charge in [0.15, 0.2) is 5.65 Å². The Kier molecular flexibility index (Phi) is 3.41. The average molecular weight is 318 g/mol. The lowest BCUT2D eigenvalue weighted by Gasteiger charge is -2.00. The summed E-state index contributed by atoms with van der Waals surface area (Å²) in [5, 5.41) is 7.55. The molecule has 3 aromatic heterocycles. The molecule has 96 valence electrons. The molecule has 3 heterocycles. The van der Waals surface area contributed by atoms with E-state index in [1.165, 1.54) is 0 Å². The summed E-state index contributed by atoms with van der Waals surface area (Å²) in [4.78, 5) is 8.66. The minimum atomic E-state index is 0.633. The molecule has 0 atom stereocenters. The molecule has 5 nitrogen and oxygen atoms in total. The molecule has 0 unspecified atom stereocenters. The molecule has 1 N–H and O–H groups in total. The molecule has 6 heteroatoms. The summed E-state index contributed by atoms with van der Waals surface area (Å²) in [6, 6.07) is 9.78. The number of hydrogen-bond donors (Lipinski definition) is 1. The van der Waals surface area contributed by atoms with Crippen molar-refractivity contribution in [3.8, 4) is 0 Å². The van der Waals surface area contributed by atoms with Crippen molar-refractivity contribution in [2.45, 2.75) is 6.42 Å². The lowest BCUT2D eigenvalue weighted by Crippen LogP contribution is -2.07. The quantitative estimate of drug-likeness (QED) is 0.803. The summed E-state index contributed by atoms with van der Waals surface area (Å²) in [6.07, 6.45) is 4.53. The van der Waals surface area contributed by atoms with E-state index >= 15 is 0 Å². The van der Waals surface area contributed by atoms with Gasteiger partial charge in [-0.15, -0.1) is 5.10 Å². The van der Waals surface area contributed by atoms with Gasteiger partial charge >= 0.3 is 0 Å². The number of nitrogens with one attached hydrogen (secondary N) is 1. The third-order valence-corrected chi connectivity index (χ3v) is 3.15. The molecule has 3 rings (SSSR count). The third kappa shape index (κ3) is 2.90. The van der Waals surface area contributed by atoms with Crippen LogP contribution in [0.1, 0.15) is 5.69 Å². The van der Waals surface area contributed by atoms with Gasteiger partial charge in [-0.3, -0.25) is 4.98 Å². The summed E-state index contributed by atoms with van der Waals surface area (Å²) in [6.45, 7) is 0.759. The van der Waals surface area contributed by atoms with Crippen molar-refractivity contribution in [3.63, 3.8) is 0 Å². The summed E-state index contributed by atoms with van der Waals surface area (Å²) >= 11 is 3.41. The Morgan fingerprint density at radius 3 is 3.00 bits per heavy atom. The first-order valence-corrected chi connectivity index (χ1v) is 6.76. The highest BCUT2D eigenvalue weighted by molar-refractivity contribution is 9.10. The fraction of sp³-hybridized carbons (Fsp3) is 0.154. The van der Waals surface area contributed by atoms with Crippen LogP contribution in [-0.4, -0.2) is 26.1 Å². The Balaban J connectivity index is 1.65. The van der Waals surface area contributed by atoms with Crippen LogP contribution in [-0.2, 0) is 6.42 Å². The first kappa shape index (κ1) is 12.1. The van der Waals surface area contributed by atoms with Crippen LogP contribution in [0.2, 0.25) is 0 Å². The van der Waals surface area contributed by atoms with Crippen LogP contribution in [0.4, 0.5) is 5.95 Å². The molecular formula is C13H12BrN5. The predicted octanol–water partition coefficient (Wildman–Crippen LogP) is 2.54. The van der Waals surface area contributed by atoms with Gasteiger partial charge < -0.3 is 5.32 Å². The van der Waals surface area contributed by atoms with Crippen LogP contribution >= 0.6 is 15.9 Å². The number of halogens is 1. The SMILES string of the molecule is Brc1ccc2nc(NCCc3ccccn3)nn2c1. The van der Waals surface area contributed by atoms with Gasteiger partial charge in [-0.2, -0.15) is 4.98 Å². The molecule has 0 spiro atoms. The van der Waals surface area contributed by atoms with Crippen LogP contribution in [0.25, 0.3) is 5.65 Å². The molecule has 0 amide bonds. The Labute approximate surface area is 118 Å². The Morgan fingerprint density at radius 2 is 2.16 bits per heavy atom. The minimum Gasteiger partial charge on any atom is -0.353 e. The van der Waals surface area contributed by atoms with Gasteiger partial charge in [-0.25, -0.2) is 4.52 Å². The molecule has 0 saturated carbocycles. The first-order chi connectivity index (χ1) is 9.31. The van der Waals surface area contributed by atoms with Gasteiger partial charge in [0.25, 0.3) is 0 Å². The molecule has 0 aliphatic rings. The minimum absolute atomic E-state index is 0.633. The molecule has 0 aliphatic heterocycles. The number of nitrogens with zero attached hydrogens (tertiary/aromatic N) is 4. The zero-order valence-corrected chi connectivity index (χ0v) is 11.7. The van der Waals surface area contributed by atoms with E-state index in [4.69, 9.17) is 0 Å². The van der Waals surface area contributed by atoms with E-state index < -0.39 is 0 Å². The number of rotatable bonds is 4. The fourth-order valence-electron chi connectivity index (χ4n) is 1.78. The Morgan fingerprint density at radius 1 is 1.21 bits per heavy atom. The zero-order valence-electron chi connectivity index (χ0n) is 10.1. The number of aromatic nitrogens is 4. The summed E-state index contributed by atoms with van der Waals surface area (Å²) in [7, 11) is 0. The number of anilines is 1. The van der Waals surface area contributed by atoms with Crippen molar-refractivity contribution in [2.24, 2.45) is 0 Å². The molecular weight excluding hydrogens is 306 g/mol. The molecule has 0 aliphatic carbocycles. The molecule has 0 aromatic carbocycles. The summed E-state index contributed by atoms with van der Waals surface area (Å²) < 4.78 is 2.72. The van der Waals surface area contributed by atoms with E-state index in [1.807, 2.05) is 36.5 Å². The second-order valence-electron chi connectivity index (χ2n) is 4.08. The lowest BCUT2D eigenvalue weighted by atomic mass is 10.3. The average Bonchev–Trinajstić information content (AvgIpc) is 2.82. The maximum atomic E-state index is 4.38. The predicted molar refractivity (Wildman–Crippen MR) is 77.1 cm³/mol. The van der Waals surface area contributed by atoms with E-state index in [9.17, 15) is 0 Å². The molecule has 0 saturated heterocycles. The largest absolute Gasteiger partial charge is 0.353 e. The zero-order chi connectivity index (χ0) is 13.1. The standard InChI is InChI=1S/C13H12BrN5/c14-10-4-5-12-17-13(18-19(12)9-10)16-8-6-11-3-1-2-7-15-11/h1-5,7,9H,6,8H2,(H,16,18). The first-order valence-electron chi connectivity index (χ1n) is 5.97. The maximum absolute atomic E-state index is 4.38. The smallest absolute Gasteiger partial charge is 0.243 e. The van der Waals surface area contributed by atoms with Gasteiger partial charge in [0.2, 0.25) is 5.95 Å². The van der Waals surface area contributed by atoms with Gasteiger partial charge in [-0.1, -0.05) is 6.07 Å². The van der Waals surface area contributed by atoms with Crippen molar-refractivity contribution >= 4 is 27.5 Å². The van der Waals surface area contributed by atoms with Crippen LogP contribution in [0.3, 0.4) is 0 Å². The monoisotopic (exact) mass is 317 g/mol. The molecule has 19 heavy (non-hydrogen) atoms. The van der Waals surface area contributed by atoms with Crippen molar-refractivity contribution < 1.29 is 0 Å². The Hall–Kier alpha value is -1.95. The van der Waals surface area contributed by atoms with Crippen molar-refractivity contribution in [3.05, 3.63) is 52.9 Å². The fourth-order valence-corrected chi connectivity index (χ4v) is 2.11. The normalized spacial score (nSPS) is 10.8. The van der Waals surface area contributed by atoms with Crippen LogP contribution < -0.4 is 5.32 Å². The van der Waals surface area contributed by atoms with Crippen LogP contribution in [0.5, 0.6) is 0 Å². The molecule has 3 aromatic rings. The highest BCUT2D eigenvalue weighted by Gasteiger charge is 2.03. The van der Waals surface area contributed by atoms with Crippen molar-refractivity contribution in [1.82, 2.24) is 19.6 Å². The topological polar surface area (TPSA) is 55.1 Å². The van der Waals surface area contributed by atoms with E-state index in [1.54, 1.807) is 10.7 Å². The second kappa shape index (κ2) is 5.36. The highest BCUT2D eigenvalue weighted by atomic mass is 79.9. The van der Waals surface area contributed by atoms with E-state index in [0.29, 0.717) is 5.95 Å². The van der Waals surface area contributed by atoms with E-state index in [0.717, 1.165) is 28.8 Å². The van der Waals surface area contributed by atoms with Gasteiger partial charge in [-0.05, 0) is 40.2 Å². The van der Waals surface area contributed by atoms with E-state index in [2.05, 4.69) is 36.3 Å². The van der Waals surface area contributed by atoms with Crippen molar-refractivity contribution in [2.75, 3.05) is 11.9 Å². The molecule has 0 radical (unpaired) electrons. The second-order valence-corrected chi connectivity index (χ2v) is 5.00. The lowest BCUT2D eigenvalue weighted by molar-refractivity contribution is 0.918. The van der Waals surface area contributed by atoms with Gasteiger partial charge in [0.05, 0.1) is 0 Å². The molecule has 0 bridgehead atoms. The van der Waals surface area contributed by atoms with Crippen molar-refractivity contribution in [1.29, 1.82) is 0 Å². The number of pyridine rings is 2. The Bertz CT molecular complexity index is 680. The number of fused-ring (bicyclic) bond motifs is 1. The summed E-state index contributed by atoms with van der Waals surface area (Å²) in [5.41, 5.74) is 1.88.